The fraction of sp³-hybridized carbons (Fsp3) is 0.943. The highest BCUT2D eigenvalue weighted by Gasteiger charge is 2.69. The summed E-state index contributed by atoms with van der Waals surface area (Å²) >= 11 is 0. The molecule has 4 aliphatic carbocycles. The van der Waals surface area contributed by atoms with Crippen LogP contribution in [-0.4, -0.2) is 74.2 Å². The van der Waals surface area contributed by atoms with Crippen molar-refractivity contribution in [3.63, 3.8) is 0 Å². The molecule has 2 N–H and O–H groups in total. The maximum absolute atomic E-state index is 12.8. The Morgan fingerprint density at radius 3 is 2.44 bits per heavy atom. The molecule has 7 aliphatic rings. The van der Waals surface area contributed by atoms with Crippen molar-refractivity contribution in [1.29, 1.82) is 0 Å². The second-order valence-electron chi connectivity index (χ2n) is 16.4. The van der Waals surface area contributed by atoms with Gasteiger partial charge in [0.15, 0.2) is 5.79 Å². The van der Waals surface area contributed by atoms with Gasteiger partial charge in [0, 0.05) is 31.5 Å². The van der Waals surface area contributed by atoms with Gasteiger partial charge in [0.25, 0.3) is 0 Å². The maximum atomic E-state index is 12.8. The third-order valence-electron chi connectivity index (χ3n) is 14.2. The molecule has 3 aliphatic heterocycles. The minimum absolute atomic E-state index is 0.0814. The smallest absolute Gasteiger partial charge is 0.230 e. The first kappa shape index (κ1) is 30.4. The predicted molar refractivity (Wildman–Crippen MR) is 164 cm³/mol. The molecule has 0 aromatic heterocycles. The van der Waals surface area contributed by atoms with E-state index in [-0.39, 0.29) is 30.1 Å². The number of hydrogen-bond donors (Lipinski definition) is 2. The van der Waals surface area contributed by atoms with Crippen LogP contribution >= 0.6 is 0 Å². The molecule has 12 atom stereocenters. The van der Waals surface area contributed by atoms with Crippen LogP contribution in [0, 0.1) is 52.3 Å². The van der Waals surface area contributed by atoms with Crippen LogP contribution in [0.3, 0.4) is 0 Å². The molecule has 0 bridgehead atoms. The van der Waals surface area contributed by atoms with E-state index >= 15 is 0 Å². The standard InChI is InChI=1S/C35H57N3O5/c1-22-7-12-35(42-20-22)23(2)32-29(43-35)18-28-26-6-5-24-17-25(8-10-33(24,3)27(26)9-11-34(28,32)4)37-31(40)19-30(39)36-21-38-13-15-41-16-14-38/h22-29,32H,5-21H2,1-4H3,(H,36,39)(H,37,40)/t22-,23+,24-,25-,26-,27+,28+,29+,32+,33+,34+,35-/m1/s1. The van der Waals surface area contributed by atoms with E-state index in [2.05, 4.69) is 43.2 Å². The summed E-state index contributed by atoms with van der Waals surface area (Å²) in [5, 5.41) is 6.17. The minimum atomic E-state index is -0.331. The van der Waals surface area contributed by atoms with Gasteiger partial charge in [-0.15, -0.1) is 0 Å². The molecule has 0 aromatic carbocycles. The lowest BCUT2D eigenvalue weighted by atomic mass is 9.44. The first-order chi connectivity index (χ1) is 20.6. The van der Waals surface area contributed by atoms with E-state index in [1.165, 1.54) is 44.9 Å². The number of carbonyl (C=O) groups is 2. The van der Waals surface area contributed by atoms with Crippen molar-refractivity contribution in [3.8, 4) is 0 Å². The van der Waals surface area contributed by atoms with Gasteiger partial charge in [-0.2, -0.15) is 0 Å². The number of rotatable bonds is 5. The molecular formula is C35H57N3O5. The molecule has 0 radical (unpaired) electrons. The highest BCUT2D eigenvalue weighted by molar-refractivity contribution is 5.96. The maximum Gasteiger partial charge on any atom is 0.230 e. The van der Waals surface area contributed by atoms with Gasteiger partial charge in [-0.1, -0.05) is 27.7 Å². The first-order valence-corrected chi connectivity index (χ1v) is 17.8. The lowest BCUT2D eigenvalue weighted by molar-refractivity contribution is -0.273. The van der Waals surface area contributed by atoms with E-state index in [0.717, 1.165) is 56.7 Å². The van der Waals surface area contributed by atoms with E-state index in [9.17, 15) is 9.59 Å². The summed E-state index contributed by atoms with van der Waals surface area (Å²) in [4.78, 5) is 27.4. The molecule has 0 aromatic rings. The summed E-state index contributed by atoms with van der Waals surface area (Å²) in [6, 6.07) is 0.192. The van der Waals surface area contributed by atoms with E-state index in [4.69, 9.17) is 14.2 Å². The SMILES string of the molecule is C[C@@H]1CC[C@@]2(OC1)O[C@H]1C[C@H]3[C@@H]4CC[C@@H]5C[C@H](NC(=O)CC(=O)NCN6CCOCC6)CC[C@]5(C)[C@H]4CC[C@]3(C)[C@H]1[C@@H]2C. The van der Waals surface area contributed by atoms with Crippen molar-refractivity contribution in [2.75, 3.05) is 39.6 Å². The Kier molecular flexibility index (Phi) is 8.17. The van der Waals surface area contributed by atoms with Gasteiger partial charge in [0.1, 0.15) is 6.42 Å². The fourth-order valence-corrected chi connectivity index (χ4v) is 11.9. The van der Waals surface area contributed by atoms with Crippen molar-refractivity contribution >= 4 is 11.8 Å². The highest BCUT2D eigenvalue weighted by Crippen LogP contribution is 2.71. The number of fused-ring (bicyclic) bond motifs is 7. The Morgan fingerprint density at radius 1 is 0.884 bits per heavy atom. The van der Waals surface area contributed by atoms with Gasteiger partial charge < -0.3 is 24.8 Å². The molecule has 2 amide bonds. The molecule has 43 heavy (non-hydrogen) atoms. The molecular weight excluding hydrogens is 542 g/mol. The average molecular weight is 600 g/mol. The number of ether oxygens (including phenoxy) is 3. The van der Waals surface area contributed by atoms with E-state index in [1.807, 2.05) is 0 Å². The van der Waals surface area contributed by atoms with Crippen LogP contribution in [0.5, 0.6) is 0 Å². The summed E-state index contributed by atoms with van der Waals surface area (Å²) in [6.45, 7) is 14.3. The van der Waals surface area contributed by atoms with Gasteiger partial charge in [0.2, 0.25) is 11.8 Å². The normalized spacial score (nSPS) is 49.4. The average Bonchev–Trinajstić information content (AvgIpc) is 3.44. The zero-order chi connectivity index (χ0) is 30.0. The Labute approximate surface area is 259 Å². The van der Waals surface area contributed by atoms with Crippen molar-refractivity contribution in [3.05, 3.63) is 0 Å². The number of carbonyl (C=O) groups excluding carboxylic acids is 2. The van der Waals surface area contributed by atoms with E-state index in [1.54, 1.807) is 0 Å². The molecule has 0 unspecified atom stereocenters. The van der Waals surface area contributed by atoms with Crippen LogP contribution in [0.1, 0.15) is 98.3 Å². The largest absolute Gasteiger partial charge is 0.379 e. The monoisotopic (exact) mass is 599 g/mol. The molecule has 7 fully saturated rings. The molecule has 8 heteroatoms. The second-order valence-corrected chi connectivity index (χ2v) is 16.4. The van der Waals surface area contributed by atoms with Crippen LogP contribution in [0.25, 0.3) is 0 Å². The van der Waals surface area contributed by atoms with Crippen LogP contribution in [0.4, 0.5) is 0 Å². The topological polar surface area (TPSA) is 89.1 Å². The van der Waals surface area contributed by atoms with Crippen molar-refractivity contribution in [2.24, 2.45) is 52.3 Å². The van der Waals surface area contributed by atoms with Gasteiger partial charge in [0.05, 0.1) is 32.6 Å². The molecule has 3 heterocycles. The van der Waals surface area contributed by atoms with Crippen molar-refractivity contribution in [1.82, 2.24) is 15.5 Å². The number of morpholine rings is 1. The van der Waals surface area contributed by atoms with Crippen LogP contribution in [0.2, 0.25) is 0 Å². The Morgan fingerprint density at radius 2 is 1.67 bits per heavy atom. The Hall–Kier alpha value is -1.22. The van der Waals surface area contributed by atoms with E-state index in [0.29, 0.717) is 60.5 Å². The van der Waals surface area contributed by atoms with E-state index < -0.39 is 0 Å². The van der Waals surface area contributed by atoms with Crippen molar-refractivity contribution < 1.29 is 23.8 Å². The number of nitrogens with zero attached hydrogens (tertiary/aromatic N) is 1. The molecule has 242 valence electrons. The number of hydrogen-bond acceptors (Lipinski definition) is 6. The van der Waals surface area contributed by atoms with Crippen molar-refractivity contribution in [2.45, 2.75) is 116 Å². The second kappa shape index (κ2) is 11.5. The van der Waals surface area contributed by atoms with Crippen LogP contribution in [0.15, 0.2) is 0 Å². The minimum Gasteiger partial charge on any atom is -0.379 e. The zero-order valence-electron chi connectivity index (χ0n) is 27.2. The van der Waals surface area contributed by atoms with Crippen LogP contribution in [-0.2, 0) is 23.8 Å². The third kappa shape index (κ3) is 5.28. The van der Waals surface area contributed by atoms with Gasteiger partial charge in [-0.25, -0.2) is 0 Å². The number of amides is 2. The lowest BCUT2D eigenvalue weighted by Gasteiger charge is -2.61. The van der Waals surface area contributed by atoms with Gasteiger partial charge in [-0.05, 0) is 104 Å². The Balaban J connectivity index is 0.940. The summed E-state index contributed by atoms with van der Waals surface area (Å²) in [6.07, 6.45) is 12.3. The first-order valence-electron chi connectivity index (χ1n) is 17.8. The molecule has 1 spiro atoms. The summed E-state index contributed by atoms with van der Waals surface area (Å²) in [5.41, 5.74) is 0.715. The van der Waals surface area contributed by atoms with Gasteiger partial charge in [-0.3, -0.25) is 14.5 Å². The number of nitrogens with one attached hydrogen (secondary N) is 2. The molecule has 8 nitrogen and oxygen atoms in total. The quantitative estimate of drug-likeness (QED) is 0.445. The molecule has 3 saturated heterocycles. The summed E-state index contributed by atoms with van der Waals surface area (Å²) in [5.74, 6) is 4.08. The summed E-state index contributed by atoms with van der Waals surface area (Å²) < 4.78 is 18.9. The summed E-state index contributed by atoms with van der Waals surface area (Å²) in [7, 11) is 0. The molecule has 7 rings (SSSR count). The zero-order valence-corrected chi connectivity index (χ0v) is 27.2. The highest BCUT2D eigenvalue weighted by atomic mass is 16.7. The van der Waals surface area contributed by atoms with Crippen LogP contribution < -0.4 is 10.6 Å². The third-order valence-corrected chi connectivity index (χ3v) is 14.2. The Bertz CT molecular complexity index is 1060. The lowest BCUT2D eigenvalue weighted by Crippen LogP contribution is -2.56. The fourth-order valence-electron chi connectivity index (χ4n) is 11.9. The van der Waals surface area contributed by atoms with Gasteiger partial charge >= 0.3 is 0 Å². The molecule has 4 saturated carbocycles. The predicted octanol–water partition coefficient (Wildman–Crippen LogP) is 4.71.